The zero-order valence-corrected chi connectivity index (χ0v) is 33.3. The van der Waals surface area contributed by atoms with Gasteiger partial charge in [0.15, 0.2) is 11.5 Å². The highest BCUT2D eigenvalue weighted by molar-refractivity contribution is 6.03. The van der Waals surface area contributed by atoms with Crippen LogP contribution in [0.15, 0.2) is 65.9 Å². The minimum atomic E-state index is -1.42. The Kier molecular flexibility index (Phi) is 13.0. The van der Waals surface area contributed by atoms with Crippen molar-refractivity contribution in [3.63, 3.8) is 0 Å². The molecule has 13 heteroatoms. The van der Waals surface area contributed by atoms with Crippen LogP contribution in [0.4, 0.5) is 4.79 Å². The molecule has 0 saturated heterocycles. The van der Waals surface area contributed by atoms with Crippen LogP contribution in [0, 0.1) is 17.8 Å². The summed E-state index contributed by atoms with van der Waals surface area (Å²) in [5.41, 5.74) is 2.26. The fraction of sp³-hybridized carbons (Fsp3) is 0.558. The smallest absolute Gasteiger partial charge is 0.412 e. The van der Waals surface area contributed by atoms with Gasteiger partial charge in [0.2, 0.25) is 12.6 Å². The van der Waals surface area contributed by atoms with E-state index in [0.29, 0.717) is 53.7 Å². The number of nitrogens with zero attached hydrogens (tertiary/aromatic N) is 2. The molecular formula is C43H57N3O10. The lowest BCUT2D eigenvalue weighted by Gasteiger charge is -2.59. The summed E-state index contributed by atoms with van der Waals surface area (Å²) in [4.78, 5) is 35.1. The van der Waals surface area contributed by atoms with Crippen molar-refractivity contribution in [1.29, 1.82) is 0 Å². The van der Waals surface area contributed by atoms with Crippen molar-refractivity contribution in [2.45, 2.75) is 96.0 Å². The van der Waals surface area contributed by atoms with Crippen LogP contribution in [-0.2, 0) is 9.57 Å². The van der Waals surface area contributed by atoms with E-state index in [4.69, 9.17) is 33.7 Å². The summed E-state index contributed by atoms with van der Waals surface area (Å²) in [5, 5.41) is 27.2. The van der Waals surface area contributed by atoms with E-state index < -0.39 is 29.4 Å². The molecule has 0 radical (unpaired) electrons. The number of likely N-dealkylation sites (N-methyl/N-ethyl adjacent to an activating group) is 1. The van der Waals surface area contributed by atoms with Crippen LogP contribution in [0.1, 0.15) is 94.5 Å². The van der Waals surface area contributed by atoms with Gasteiger partial charge in [0, 0.05) is 50.3 Å². The average molecular weight is 776 g/mol. The lowest BCUT2D eigenvalue weighted by molar-refractivity contribution is -0.252. The number of carbonyl (C=O) groups is 2. The molecule has 2 amide bonds. The minimum absolute atomic E-state index is 0.0152. The molecule has 0 bridgehead atoms. The fourth-order valence-electron chi connectivity index (χ4n) is 8.65. The van der Waals surface area contributed by atoms with Gasteiger partial charge < -0.3 is 49.0 Å². The normalized spacial score (nSPS) is 25.3. The Labute approximate surface area is 329 Å². The SMILES string of the molecule is C=CCO[C@@]12Oc3ccc(OC(=O)NCC)cc3[C@H]3[C@H](CCCCO)[C@@H](CCCCO)C=C(C(=NOC(C)(C)C)C[C@@H]1N(C)C(=O)c1ccc4c(c1)OCO4)[C@H]32. The number of hydrogen-bond donors (Lipinski definition) is 3. The van der Waals surface area contributed by atoms with E-state index in [1.165, 1.54) is 0 Å². The van der Waals surface area contributed by atoms with Gasteiger partial charge in [0.05, 0.1) is 18.2 Å². The average Bonchev–Trinajstić information content (AvgIpc) is 3.65. The van der Waals surface area contributed by atoms with Gasteiger partial charge in [0.25, 0.3) is 5.91 Å². The monoisotopic (exact) mass is 775 g/mol. The molecule has 304 valence electrons. The zero-order chi connectivity index (χ0) is 40.0. The largest absolute Gasteiger partial charge is 0.459 e. The van der Waals surface area contributed by atoms with Gasteiger partial charge in [-0.2, -0.15) is 0 Å². The Hall–Kier alpha value is -4.59. The predicted molar refractivity (Wildman–Crippen MR) is 210 cm³/mol. The summed E-state index contributed by atoms with van der Waals surface area (Å²) < 4.78 is 31.0. The summed E-state index contributed by atoms with van der Waals surface area (Å²) in [6.07, 6.45) is 8.12. The van der Waals surface area contributed by atoms with E-state index in [1.807, 2.05) is 39.8 Å². The number of carbonyl (C=O) groups excluding carboxylic acids is 2. The summed E-state index contributed by atoms with van der Waals surface area (Å²) in [6, 6.07) is 9.83. The zero-order valence-electron chi connectivity index (χ0n) is 33.3. The molecule has 13 nitrogen and oxygen atoms in total. The molecule has 2 aromatic rings. The van der Waals surface area contributed by atoms with Gasteiger partial charge in [-0.1, -0.05) is 30.1 Å². The summed E-state index contributed by atoms with van der Waals surface area (Å²) in [6.45, 7) is 12.4. The Morgan fingerprint density at radius 1 is 1.04 bits per heavy atom. The van der Waals surface area contributed by atoms with Crippen molar-refractivity contribution in [3.05, 3.63) is 71.8 Å². The van der Waals surface area contributed by atoms with Crippen LogP contribution in [0.25, 0.3) is 0 Å². The highest BCUT2D eigenvalue weighted by Gasteiger charge is 2.65. The Morgan fingerprint density at radius 3 is 2.48 bits per heavy atom. The molecule has 56 heavy (non-hydrogen) atoms. The van der Waals surface area contributed by atoms with E-state index in [1.54, 1.807) is 42.3 Å². The van der Waals surface area contributed by atoms with E-state index in [0.717, 1.165) is 36.8 Å². The summed E-state index contributed by atoms with van der Waals surface area (Å²) in [7, 11) is 1.75. The molecule has 1 saturated carbocycles. The molecule has 6 rings (SSSR count). The molecule has 2 aliphatic carbocycles. The number of benzene rings is 2. The fourth-order valence-corrected chi connectivity index (χ4v) is 8.65. The number of nitrogens with one attached hydrogen (secondary N) is 1. The third-order valence-electron chi connectivity index (χ3n) is 11.0. The highest BCUT2D eigenvalue weighted by Crippen LogP contribution is 2.62. The van der Waals surface area contributed by atoms with Crippen molar-refractivity contribution >= 4 is 17.7 Å². The third-order valence-corrected chi connectivity index (χ3v) is 11.0. The second kappa shape index (κ2) is 17.7. The Balaban J connectivity index is 1.57. The molecule has 0 unspecified atom stereocenters. The van der Waals surface area contributed by atoms with Crippen molar-refractivity contribution in [3.8, 4) is 23.0 Å². The molecule has 3 N–H and O–H groups in total. The number of unbranched alkanes of at least 4 members (excludes halogenated alkanes) is 2. The van der Waals surface area contributed by atoms with Crippen molar-refractivity contribution in [1.82, 2.24) is 10.2 Å². The number of oxime groups is 1. The first kappa shape index (κ1) is 41.1. The van der Waals surface area contributed by atoms with Crippen molar-refractivity contribution in [2.24, 2.45) is 22.9 Å². The van der Waals surface area contributed by atoms with Crippen LogP contribution in [0.5, 0.6) is 23.0 Å². The topological polar surface area (TPSA) is 158 Å². The predicted octanol–water partition coefficient (Wildman–Crippen LogP) is 6.73. The number of ether oxygens (including phenoxy) is 5. The summed E-state index contributed by atoms with van der Waals surface area (Å²) in [5.74, 6) is -0.405. The van der Waals surface area contributed by atoms with E-state index in [-0.39, 0.29) is 56.7 Å². The number of fused-ring (bicyclic) bond motifs is 3. The number of aliphatic hydroxyl groups is 2. The van der Waals surface area contributed by atoms with Gasteiger partial charge in [-0.25, -0.2) is 4.79 Å². The number of rotatable bonds is 16. The Bertz CT molecular complexity index is 1800. The molecule has 0 aromatic heterocycles. The second-order valence-electron chi connectivity index (χ2n) is 15.9. The van der Waals surface area contributed by atoms with Crippen LogP contribution >= 0.6 is 0 Å². The van der Waals surface area contributed by atoms with Crippen LogP contribution in [-0.4, -0.2) is 90.5 Å². The van der Waals surface area contributed by atoms with Crippen LogP contribution in [0.2, 0.25) is 0 Å². The first-order valence-corrected chi connectivity index (χ1v) is 19.8. The highest BCUT2D eigenvalue weighted by atomic mass is 16.7. The lowest BCUT2D eigenvalue weighted by atomic mass is 9.55. The third kappa shape index (κ3) is 8.54. The molecule has 6 atom stereocenters. The number of hydrogen-bond acceptors (Lipinski definition) is 11. The minimum Gasteiger partial charge on any atom is -0.459 e. The number of amides is 2. The molecule has 2 aromatic carbocycles. The standard InChI is InChI=1S/C43H57N3O10/c1-7-21-53-43-37(46(6)40(49)28-15-17-35-36(23-28)52-26-51-35)25-33(45-56-42(3,4)5)31-22-27(13-9-11-19-47)30(14-10-12-20-48)38(39(31)43)32-24-29(16-18-34(32)55-43)54-41(50)44-8-2/h7,15-18,22-24,27,30,37-39,47-48H,1,8-14,19-21,25-26H2,2-6H3,(H,44,50)/t27-,30+,37-,38+,39+,43+/m0/s1. The summed E-state index contributed by atoms with van der Waals surface area (Å²) >= 11 is 0. The van der Waals surface area contributed by atoms with Gasteiger partial charge in [0.1, 0.15) is 23.1 Å². The quantitative estimate of drug-likeness (QED) is 0.0950. The van der Waals surface area contributed by atoms with Crippen LogP contribution in [0.3, 0.4) is 0 Å². The van der Waals surface area contributed by atoms with Gasteiger partial charge in [-0.05, 0) is 107 Å². The van der Waals surface area contributed by atoms with E-state index >= 15 is 0 Å². The molecule has 4 aliphatic rings. The van der Waals surface area contributed by atoms with E-state index in [2.05, 4.69) is 18.0 Å². The maximum Gasteiger partial charge on any atom is 0.412 e. The molecule has 1 fully saturated rings. The second-order valence-corrected chi connectivity index (χ2v) is 15.9. The Morgan fingerprint density at radius 2 is 1.77 bits per heavy atom. The number of aliphatic hydroxyl groups excluding tert-OH is 2. The lowest BCUT2D eigenvalue weighted by Crippen LogP contribution is -2.69. The van der Waals surface area contributed by atoms with Gasteiger partial charge >= 0.3 is 6.09 Å². The maximum atomic E-state index is 14.6. The molecule has 0 spiro atoms. The molecule has 2 aliphatic heterocycles. The van der Waals surface area contributed by atoms with Crippen molar-refractivity contribution in [2.75, 3.05) is 40.2 Å². The molecule has 2 heterocycles. The van der Waals surface area contributed by atoms with Gasteiger partial charge in [-0.3, -0.25) is 4.79 Å². The molecular weight excluding hydrogens is 718 g/mol. The van der Waals surface area contributed by atoms with Crippen molar-refractivity contribution < 1.29 is 48.3 Å². The van der Waals surface area contributed by atoms with Crippen LogP contribution < -0.4 is 24.3 Å². The first-order valence-electron chi connectivity index (χ1n) is 19.8. The number of allylic oxidation sites excluding steroid dienone is 1. The maximum absolute atomic E-state index is 14.6. The van der Waals surface area contributed by atoms with Gasteiger partial charge in [-0.15, -0.1) is 6.58 Å². The first-order chi connectivity index (χ1) is 26.9. The van der Waals surface area contributed by atoms with E-state index in [9.17, 15) is 19.8 Å².